The quantitative estimate of drug-likeness (QED) is 0.635. The summed E-state index contributed by atoms with van der Waals surface area (Å²) in [5, 5.41) is 0. The van der Waals surface area contributed by atoms with Gasteiger partial charge >= 0.3 is 0 Å². The van der Waals surface area contributed by atoms with Crippen LogP contribution in [0.4, 0.5) is 0 Å². The molecule has 0 radical (unpaired) electrons. The molecule has 1 aromatic carbocycles. The summed E-state index contributed by atoms with van der Waals surface area (Å²) in [5.74, 6) is 2.59. The van der Waals surface area contributed by atoms with Crippen LogP contribution in [0, 0.1) is 6.92 Å². The Labute approximate surface area is 92.1 Å². The van der Waals surface area contributed by atoms with Crippen molar-refractivity contribution in [3.63, 3.8) is 0 Å². The Morgan fingerprint density at radius 3 is 2.43 bits per heavy atom. The molecule has 0 amide bonds. The first-order valence-corrected chi connectivity index (χ1v) is 6.61. The van der Waals surface area contributed by atoms with Crippen LogP contribution >= 0.6 is 11.8 Å². The summed E-state index contributed by atoms with van der Waals surface area (Å²) in [6.07, 6.45) is 3.89. The van der Waals surface area contributed by atoms with E-state index in [-0.39, 0.29) is 0 Å². The average Bonchev–Trinajstić information content (AvgIpc) is 2.21. The first-order chi connectivity index (χ1) is 6.83. The summed E-state index contributed by atoms with van der Waals surface area (Å²) < 4.78 is 0. The summed E-state index contributed by atoms with van der Waals surface area (Å²) in [4.78, 5) is 0. The second-order valence-electron chi connectivity index (χ2n) is 3.70. The highest BCUT2D eigenvalue weighted by Crippen LogP contribution is 2.09. The number of thioether (sulfide) groups is 1. The van der Waals surface area contributed by atoms with Crippen molar-refractivity contribution in [3.05, 3.63) is 35.4 Å². The highest BCUT2D eigenvalue weighted by atomic mass is 32.2. The van der Waals surface area contributed by atoms with Crippen LogP contribution in [0.2, 0.25) is 0 Å². The first kappa shape index (κ1) is 11.6. The third-order valence-electron chi connectivity index (χ3n) is 2.30. The monoisotopic (exact) mass is 208 g/mol. The van der Waals surface area contributed by atoms with E-state index in [9.17, 15) is 0 Å². The molecule has 0 fully saturated rings. The van der Waals surface area contributed by atoms with Gasteiger partial charge in [-0.15, -0.1) is 0 Å². The average molecular weight is 208 g/mol. The molecule has 0 aliphatic carbocycles. The van der Waals surface area contributed by atoms with Crippen molar-refractivity contribution in [3.8, 4) is 0 Å². The van der Waals surface area contributed by atoms with Gasteiger partial charge in [-0.1, -0.05) is 43.2 Å². The molecule has 0 nitrogen and oxygen atoms in total. The molecule has 0 atom stereocenters. The van der Waals surface area contributed by atoms with Crippen molar-refractivity contribution in [2.75, 3.05) is 11.5 Å². The highest BCUT2D eigenvalue weighted by molar-refractivity contribution is 7.99. The van der Waals surface area contributed by atoms with Gasteiger partial charge in [-0.25, -0.2) is 0 Å². The maximum atomic E-state index is 2.25. The van der Waals surface area contributed by atoms with Gasteiger partial charge in [0.2, 0.25) is 0 Å². The van der Waals surface area contributed by atoms with E-state index in [4.69, 9.17) is 0 Å². The standard InChI is InChI=1S/C13H20S/c1-3-4-10-14-11-9-13-7-5-12(2)6-8-13/h5-8H,3-4,9-11H2,1-2H3. The second kappa shape index (κ2) is 6.94. The molecule has 1 rings (SSSR count). The molecule has 78 valence electrons. The maximum absolute atomic E-state index is 2.25. The Hall–Kier alpha value is -0.430. The van der Waals surface area contributed by atoms with E-state index >= 15 is 0 Å². The minimum absolute atomic E-state index is 1.22. The van der Waals surface area contributed by atoms with Gasteiger partial charge in [0.25, 0.3) is 0 Å². The van der Waals surface area contributed by atoms with Crippen LogP contribution in [-0.4, -0.2) is 11.5 Å². The minimum Gasteiger partial charge on any atom is -0.162 e. The van der Waals surface area contributed by atoms with Crippen LogP contribution in [0.25, 0.3) is 0 Å². The van der Waals surface area contributed by atoms with Gasteiger partial charge < -0.3 is 0 Å². The molecule has 0 saturated carbocycles. The summed E-state index contributed by atoms with van der Waals surface area (Å²) >= 11 is 2.08. The van der Waals surface area contributed by atoms with E-state index in [1.807, 2.05) is 0 Å². The van der Waals surface area contributed by atoms with Gasteiger partial charge in [0.05, 0.1) is 0 Å². The molecule has 0 bridgehead atoms. The Bertz CT molecular complexity index is 238. The molecule has 0 heterocycles. The van der Waals surface area contributed by atoms with Gasteiger partial charge in [0.1, 0.15) is 0 Å². The zero-order valence-corrected chi connectivity index (χ0v) is 10.1. The van der Waals surface area contributed by atoms with E-state index in [1.165, 1.54) is 41.9 Å². The Morgan fingerprint density at radius 2 is 1.79 bits per heavy atom. The fraction of sp³-hybridized carbons (Fsp3) is 0.538. The zero-order chi connectivity index (χ0) is 10.2. The molecule has 0 N–H and O–H groups in total. The number of benzene rings is 1. The Kier molecular flexibility index (Phi) is 5.77. The number of rotatable bonds is 6. The van der Waals surface area contributed by atoms with Gasteiger partial charge in [-0.3, -0.25) is 0 Å². The minimum atomic E-state index is 1.22. The van der Waals surface area contributed by atoms with Crippen LogP contribution in [-0.2, 0) is 6.42 Å². The zero-order valence-electron chi connectivity index (χ0n) is 9.25. The predicted molar refractivity (Wildman–Crippen MR) is 67.1 cm³/mol. The SMILES string of the molecule is CCCCSCCc1ccc(C)cc1. The first-order valence-electron chi connectivity index (χ1n) is 5.46. The molecule has 0 unspecified atom stereocenters. The van der Waals surface area contributed by atoms with Crippen LogP contribution in [0.1, 0.15) is 30.9 Å². The lowest BCUT2D eigenvalue weighted by atomic mass is 10.1. The van der Waals surface area contributed by atoms with Crippen molar-refractivity contribution in [1.29, 1.82) is 0 Å². The second-order valence-corrected chi connectivity index (χ2v) is 4.93. The molecule has 1 heteroatoms. The van der Waals surface area contributed by atoms with E-state index in [1.54, 1.807) is 0 Å². The Morgan fingerprint density at radius 1 is 1.07 bits per heavy atom. The highest BCUT2D eigenvalue weighted by Gasteiger charge is 1.93. The lowest BCUT2D eigenvalue weighted by Gasteiger charge is -2.01. The van der Waals surface area contributed by atoms with Crippen molar-refractivity contribution >= 4 is 11.8 Å². The van der Waals surface area contributed by atoms with Crippen molar-refractivity contribution in [1.82, 2.24) is 0 Å². The van der Waals surface area contributed by atoms with Crippen LogP contribution in [0.5, 0.6) is 0 Å². The molecular formula is C13H20S. The van der Waals surface area contributed by atoms with E-state index in [0.29, 0.717) is 0 Å². The molecular weight excluding hydrogens is 188 g/mol. The molecule has 0 saturated heterocycles. The molecule has 0 aromatic heterocycles. The fourth-order valence-electron chi connectivity index (χ4n) is 1.29. The van der Waals surface area contributed by atoms with Crippen LogP contribution in [0.15, 0.2) is 24.3 Å². The van der Waals surface area contributed by atoms with E-state index in [0.717, 1.165) is 0 Å². The van der Waals surface area contributed by atoms with Crippen molar-refractivity contribution < 1.29 is 0 Å². The number of aryl methyl sites for hydroxylation is 2. The number of hydrogen-bond donors (Lipinski definition) is 0. The van der Waals surface area contributed by atoms with Crippen molar-refractivity contribution in [2.45, 2.75) is 33.1 Å². The van der Waals surface area contributed by atoms with Gasteiger partial charge in [-0.2, -0.15) is 11.8 Å². The lowest BCUT2D eigenvalue weighted by molar-refractivity contribution is 0.895. The molecule has 1 aromatic rings. The normalized spacial score (nSPS) is 10.4. The predicted octanol–water partition coefficient (Wildman–Crippen LogP) is 4.07. The molecule has 14 heavy (non-hydrogen) atoms. The Balaban J connectivity index is 2.15. The summed E-state index contributed by atoms with van der Waals surface area (Å²) in [7, 11) is 0. The van der Waals surface area contributed by atoms with Gasteiger partial charge in [0, 0.05) is 0 Å². The fourth-order valence-corrected chi connectivity index (χ4v) is 2.37. The third-order valence-corrected chi connectivity index (χ3v) is 3.37. The molecule has 0 spiro atoms. The van der Waals surface area contributed by atoms with Crippen LogP contribution < -0.4 is 0 Å². The van der Waals surface area contributed by atoms with Gasteiger partial charge in [0.15, 0.2) is 0 Å². The smallest absolute Gasteiger partial charge is 0.00270 e. The number of hydrogen-bond acceptors (Lipinski definition) is 1. The third kappa shape index (κ3) is 4.71. The van der Waals surface area contributed by atoms with E-state index < -0.39 is 0 Å². The molecule has 0 aliphatic rings. The largest absolute Gasteiger partial charge is 0.162 e. The lowest BCUT2D eigenvalue weighted by Crippen LogP contribution is -1.90. The summed E-state index contributed by atoms with van der Waals surface area (Å²) in [6, 6.07) is 8.89. The maximum Gasteiger partial charge on any atom is -0.00270 e. The number of unbranched alkanes of at least 4 members (excludes halogenated alkanes) is 1. The molecule has 0 aliphatic heterocycles. The summed E-state index contributed by atoms with van der Waals surface area (Å²) in [6.45, 7) is 4.39. The van der Waals surface area contributed by atoms with E-state index in [2.05, 4.69) is 49.9 Å². The van der Waals surface area contributed by atoms with Crippen molar-refractivity contribution in [2.24, 2.45) is 0 Å². The van der Waals surface area contributed by atoms with Gasteiger partial charge in [-0.05, 0) is 36.8 Å². The summed E-state index contributed by atoms with van der Waals surface area (Å²) in [5.41, 5.74) is 2.83. The van der Waals surface area contributed by atoms with Crippen LogP contribution in [0.3, 0.4) is 0 Å². The topological polar surface area (TPSA) is 0 Å².